The van der Waals surface area contributed by atoms with E-state index in [1.165, 1.54) is 10.5 Å². The molecular formula is C14H18N2O3. The summed E-state index contributed by atoms with van der Waals surface area (Å²) in [5.74, 6) is 0. The quantitative estimate of drug-likeness (QED) is 0.871. The molecule has 2 fully saturated rings. The van der Waals surface area contributed by atoms with E-state index < -0.39 is 6.09 Å². The zero-order valence-corrected chi connectivity index (χ0v) is 10.7. The molecule has 3 rings (SSSR count). The molecule has 1 aromatic carbocycles. The lowest BCUT2D eigenvalue weighted by Crippen LogP contribution is -2.50. The van der Waals surface area contributed by atoms with Crippen LogP contribution in [0.1, 0.15) is 5.56 Å². The summed E-state index contributed by atoms with van der Waals surface area (Å²) in [6.07, 6.45) is -0.828. The molecule has 0 saturated carbocycles. The van der Waals surface area contributed by atoms with E-state index in [4.69, 9.17) is 9.84 Å². The van der Waals surface area contributed by atoms with Crippen LogP contribution in [-0.4, -0.2) is 59.4 Å². The van der Waals surface area contributed by atoms with Crippen LogP contribution in [0.4, 0.5) is 4.79 Å². The van der Waals surface area contributed by atoms with Gasteiger partial charge in [0.05, 0.1) is 25.3 Å². The van der Waals surface area contributed by atoms with Gasteiger partial charge in [0.1, 0.15) is 0 Å². The Labute approximate surface area is 112 Å². The minimum atomic E-state index is -0.849. The standard InChI is InChI=1S/C14H18N2O3/c17-14(18)16-9-12-13(10-16)19-7-6-15(12)8-11-4-2-1-3-5-11/h1-5,12-13H,6-10H2,(H,17,18)/t12-,13+/m1/s1. The van der Waals surface area contributed by atoms with E-state index in [1.54, 1.807) is 0 Å². The van der Waals surface area contributed by atoms with Gasteiger partial charge in [-0.15, -0.1) is 0 Å². The summed E-state index contributed by atoms with van der Waals surface area (Å²) in [5.41, 5.74) is 1.26. The molecule has 19 heavy (non-hydrogen) atoms. The first-order chi connectivity index (χ1) is 9.24. The lowest BCUT2D eigenvalue weighted by molar-refractivity contribution is -0.0503. The number of hydrogen-bond acceptors (Lipinski definition) is 3. The normalized spacial score (nSPS) is 27.3. The summed E-state index contributed by atoms with van der Waals surface area (Å²) >= 11 is 0. The molecule has 2 atom stereocenters. The van der Waals surface area contributed by atoms with Crippen LogP contribution in [0.25, 0.3) is 0 Å². The molecule has 0 aliphatic carbocycles. The molecule has 102 valence electrons. The van der Waals surface area contributed by atoms with Gasteiger partial charge in [-0.05, 0) is 5.56 Å². The van der Waals surface area contributed by atoms with Crippen molar-refractivity contribution >= 4 is 6.09 Å². The van der Waals surface area contributed by atoms with Gasteiger partial charge < -0.3 is 14.7 Å². The second-order valence-electron chi connectivity index (χ2n) is 5.12. The number of ether oxygens (including phenoxy) is 1. The third-order valence-corrected chi connectivity index (χ3v) is 3.92. The van der Waals surface area contributed by atoms with Gasteiger partial charge >= 0.3 is 6.09 Å². The highest BCUT2D eigenvalue weighted by Crippen LogP contribution is 2.24. The molecule has 1 N–H and O–H groups in total. The number of rotatable bonds is 2. The van der Waals surface area contributed by atoms with Crippen molar-refractivity contribution < 1.29 is 14.6 Å². The molecule has 2 saturated heterocycles. The maximum atomic E-state index is 11.1. The van der Waals surface area contributed by atoms with Crippen molar-refractivity contribution in [1.82, 2.24) is 9.80 Å². The minimum absolute atomic E-state index is 0.0218. The predicted molar refractivity (Wildman–Crippen MR) is 70.0 cm³/mol. The summed E-state index contributed by atoms with van der Waals surface area (Å²) < 4.78 is 5.70. The number of amides is 1. The molecule has 0 bridgehead atoms. The topological polar surface area (TPSA) is 53.0 Å². The van der Waals surface area contributed by atoms with Crippen molar-refractivity contribution in [3.8, 4) is 0 Å². The third-order valence-electron chi connectivity index (χ3n) is 3.92. The van der Waals surface area contributed by atoms with Gasteiger partial charge in [-0.3, -0.25) is 4.90 Å². The largest absolute Gasteiger partial charge is 0.465 e. The van der Waals surface area contributed by atoms with Gasteiger partial charge in [-0.25, -0.2) is 4.79 Å². The van der Waals surface area contributed by atoms with Crippen LogP contribution in [0.3, 0.4) is 0 Å². The molecule has 1 aromatic rings. The maximum Gasteiger partial charge on any atom is 0.407 e. The number of benzene rings is 1. The average molecular weight is 262 g/mol. The van der Waals surface area contributed by atoms with Crippen LogP contribution < -0.4 is 0 Å². The molecule has 2 heterocycles. The number of hydrogen-bond donors (Lipinski definition) is 1. The van der Waals surface area contributed by atoms with Crippen LogP contribution in [-0.2, 0) is 11.3 Å². The molecule has 2 aliphatic heterocycles. The highest BCUT2D eigenvalue weighted by Gasteiger charge is 2.41. The van der Waals surface area contributed by atoms with Crippen LogP contribution in [0.2, 0.25) is 0 Å². The Morgan fingerprint density at radius 3 is 2.84 bits per heavy atom. The average Bonchev–Trinajstić information content (AvgIpc) is 2.85. The number of nitrogens with zero attached hydrogens (tertiary/aromatic N) is 2. The summed E-state index contributed by atoms with van der Waals surface area (Å²) in [6, 6.07) is 10.5. The van der Waals surface area contributed by atoms with Gasteiger partial charge in [0.2, 0.25) is 0 Å². The summed E-state index contributed by atoms with van der Waals surface area (Å²) in [5, 5.41) is 9.09. The number of morpholine rings is 1. The van der Waals surface area contributed by atoms with Gasteiger partial charge in [0.25, 0.3) is 0 Å². The Bertz CT molecular complexity index is 451. The molecular weight excluding hydrogens is 244 g/mol. The Morgan fingerprint density at radius 2 is 2.11 bits per heavy atom. The minimum Gasteiger partial charge on any atom is -0.465 e. The van der Waals surface area contributed by atoms with E-state index in [1.807, 2.05) is 18.2 Å². The first kappa shape index (κ1) is 12.4. The van der Waals surface area contributed by atoms with Crippen molar-refractivity contribution in [1.29, 1.82) is 0 Å². The highest BCUT2D eigenvalue weighted by atomic mass is 16.5. The lowest BCUT2D eigenvalue weighted by Gasteiger charge is -2.36. The number of likely N-dealkylation sites (tertiary alicyclic amines) is 1. The fourth-order valence-electron chi connectivity index (χ4n) is 2.93. The van der Waals surface area contributed by atoms with Crippen LogP contribution >= 0.6 is 0 Å². The van der Waals surface area contributed by atoms with E-state index in [9.17, 15) is 4.79 Å². The van der Waals surface area contributed by atoms with E-state index in [-0.39, 0.29) is 12.1 Å². The molecule has 0 radical (unpaired) electrons. The van der Waals surface area contributed by atoms with Gasteiger partial charge in [0, 0.05) is 19.6 Å². The van der Waals surface area contributed by atoms with Crippen molar-refractivity contribution in [3.05, 3.63) is 35.9 Å². The second-order valence-corrected chi connectivity index (χ2v) is 5.12. The zero-order chi connectivity index (χ0) is 13.2. The molecule has 0 spiro atoms. The number of fused-ring (bicyclic) bond motifs is 1. The molecule has 2 aliphatic rings. The fraction of sp³-hybridized carbons (Fsp3) is 0.500. The summed E-state index contributed by atoms with van der Waals surface area (Å²) in [4.78, 5) is 14.9. The van der Waals surface area contributed by atoms with Crippen LogP contribution in [0.15, 0.2) is 30.3 Å². The summed E-state index contributed by atoms with van der Waals surface area (Å²) in [7, 11) is 0. The summed E-state index contributed by atoms with van der Waals surface area (Å²) in [6.45, 7) is 3.45. The molecule has 0 aromatic heterocycles. The van der Waals surface area contributed by atoms with Crippen molar-refractivity contribution in [2.45, 2.75) is 18.7 Å². The predicted octanol–water partition coefficient (Wildman–Crippen LogP) is 1.25. The smallest absolute Gasteiger partial charge is 0.407 e. The highest BCUT2D eigenvalue weighted by molar-refractivity contribution is 5.65. The molecule has 0 unspecified atom stereocenters. The molecule has 5 nitrogen and oxygen atoms in total. The second kappa shape index (κ2) is 5.19. The number of carbonyl (C=O) groups is 1. The van der Waals surface area contributed by atoms with E-state index in [0.717, 1.165) is 13.1 Å². The van der Waals surface area contributed by atoms with Gasteiger partial charge in [-0.1, -0.05) is 30.3 Å². The maximum absolute atomic E-state index is 11.1. The Balaban J connectivity index is 1.70. The molecule has 5 heteroatoms. The van der Waals surface area contributed by atoms with Crippen LogP contribution in [0.5, 0.6) is 0 Å². The van der Waals surface area contributed by atoms with Crippen LogP contribution in [0, 0.1) is 0 Å². The Kier molecular flexibility index (Phi) is 3.40. The van der Waals surface area contributed by atoms with Crippen molar-refractivity contribution in [3.63, 3.8) is 0 Å². The third kappa shape index (κ3) is 2.57. The lowest BCUT2D eigenvalue weighted by atomic mass is 10.1. The van der Waals surface area contributed by atoms with Gasteiger partial charge in [0.15, 0.2) is 0 Å². The van der Waals surface area contributed by atoms with E-state index >= 15 is 0 Å². The molecule has 1 amide bonds. The zero-order valence-electron chi connectivity index (χ0n) is 10.7. The first-order valence-corrected chi connectivity index (χ1v) is 6.61. The fourth-order valence-corrected chi connectivity index (χ4v) is 2.93. The van der Waals surface area contributed by atoms with E-state index in [0.29, 0.717) is 19.7 Å². The van der Waals surface area contributed by atoms with Gasteiger partial charge in [-0.2, -0.15) is 0 Å². The SMILES string of the molecule is O=C(O)N1C[C@@H]2OCCN(Cc3ccccc3)[C@@H]2C1. The Hall–Kier alpha value is -1.59. The monoisotopic (exact) mass is 262 g/mol. The Morgan fingerprint density at radius 1 is 1.32 bits per heavy atom. The number of carboxylic acid groups (broad SMARTS) is 1. The first-order valence-electron chi connectivity index (χ1n) is 6.61. The van der Waals surface area contributed by atoms with Crippen molar-refractivity contribution in [2.75, 3.05) is 26.2 Å². The van der Waals surface area contributed by atoms with Crippen molar-refractivity contribution in [2.24, 2.45) is 0 Å². The van der Waals surface area contributed by atoms with E-state index in [2.05, 4.69) is 17.0 Å².